The van der Waals surface area contributed by atoms with Crippen molar-refractivity contribution in [1.82, 2.24) is 10.6 Å². The van der Waals surface area contributed by atoms with Gasteiger partial charge in [0.15, 0.2) is 0 Å². The molecule has 8 atom stereocenters. The van der Waals surface area contributed by atoms with Gasteiger partial charge in [0.05, 0.1) is 18.4 Å². The Hall–Kier alpha value is -2.24. The molecule has 0 saturated heterocycles. The van der Waals surface area contributed by atoms with E-state index < -0.39 is 17.6 Å². The molecule has 0 radical (unpaired) electrons. The molecule has 1 aromatic carbocycles. The monoisotopic (exact) mass is 696 g/mol. The van der Waals surface area contributed by atoms with Crippen LogP contribution in [0.2, 0.25) is 0 Å². The fourth-order valence-corrected chi connectivity index (χ4v) is 10.7. The molecule has 0 heterocycles. The summed E-state index contributed by atoms with van der Waals surface area (Å²) in [4.78, 5) is 38.9. The van der Waals surface area contributed by atoms with Gasteiger partial charge in [-0.1, -0.05) is 57.2 Å². The highest BCUT2D eigenvalue weighted by Crippen LogP contribution is 2.63. The van der Waals surface area contributed by atoms with E-state index in [1.165, 1.54) is 5.56 Å². The number of thioether (sulfide) groups is 1. The van der Waals surface area contributed by atoms with E-state index >= 15 is 0 Å². The number of benzene rings is 1. The molecule has 9 nitrogen and oxygen atoms in total. The fraction of sp³-hybridized carbons (Fsp3) is 0.718. The Bertz CT molecular complexity index is 1320. The molecule has 49 heavy (non-hydrogen) atoms. The second kappa shape index (κ2) is 16.9. The molecule has 4 aliphatic carbocycles. The third-order valence-corrected chi connectivity index (χ3v) is 14.0. The van der Waals surface area contributed by atoms with Gasteiger partial charge in [-0.3, -0.25) is 14.4 Å². The van der Waals surface area contributed by atoms with Crippen LogP contribution in [-0.4, -0.2) is 72.2 Å². The summed E-state index contributed by atoms with van der Waals surface area (Å²) >= 11 is 1.67. The lowest BCUT2D eigenvalue weighted by molar-refractivity contribution is -0.178. The van der Waals surface area contributed by atoms with Crippen LogP contribution in [0.25, 0.3) is 6.08 Å². The van der Waals surface area contributed by atoms with Gasteiger partial charge >= 0.3 is 5.97 Å². The van der Waals surface area contributed by atoms with Crippen LogP contribution in [0.4, 0.5) is 0 Å². The predicted molar refractivity (Wildman–Crippen MR) is 196 cm³/mol. The number of aliphatic hydroxyl groups excluding tert-OH is 1. The lowest BCUT2D eigenvalue weighted by atomic mass is 9.49. The van der Waals surface area contributed by atoms with E-state index in [4.69, 9.17) is 16.2 Å². The smallest absolute Gasteiger partial charge is 0.316 e. The van der Waals surface area contributed by atoms with Crippen LogP contribution >= 0.6 is 11.8 Å². The summed E-state index contributed by atoms with van der Waals surface area (Å²) in [5.74, 6) is 0.607. The molecule has 4 saturated carbocycles. The van der Waals surface area contributed by atoms with Crippen LogP contribution in [0.5, 0.6) is 0 Å². The van der Waals surface area contributed by atoms with Gasteiger partial charge in [0.1, 0.15) is 11.9 Å². The second-order valence-electron chi connectivity index (χ2n) is 15.7. The topological polar surface area (TPSA) is 157 Å². The molecular formula is C39H60N4O5S. The minimum atomic E-state index is -0.688. The maximum absolute atomic E-state index is 13.7. The Kier molecular flexibility index (Phi) is 13.1. The van der Waals surface area contributed by atoms with E-state index in [0.29, 0.717) is 37.1 Å². The molecule has 0 aromatic heterocycles. The molecule has 4 aliphatic rings. The standard InChI is InChI=1S/C39H60N4O5S/c1-25-12-16-39-17-14-31(44)36(39)35(25)32(48-34(46)24-49-30-10-8-29(9-11-30)23-43-33(45)21-41)20-38(3,37(47)26(39)2)15-13-27-4-6-28(7-5-27)22-42-19-18-40/h4-7,13,15,25-26,29-30,32,35-37,42,47H,8-12,14,16-24,40-41H2,1-3H3,(H,43,45)/b15-13+/t25-,26+,29?,30?,32-,35?,36?,37+,38+,39+/m1/s1. The first-order valence-electron chi connectivity index (χ1n) is 18.7. The molecular weight excluding hydrogens is 637 g/mol. The number of carbonyl (C=O) groups excluding carboxylic acids is 3. The number of ketones is 1. The Morgan fingerprint density at radius 1 is 1.08 bits per heavy atom. The SMILES string of the molecule is C[C@@H]1CC[C@@]23CCC(=O)C2C1[C@H](OC(=O)CSC1CCC(CNC(=O)CN)CC1)C[C@](C)(/C=C/c1ccc(CNCCN)cc1)[C@@H](O)[C@@H]3C. The van der Waals surface area contributed by atoms with E-state index in [1.54, 1.807) is 11.8 Å². The number of hydrogen-bond acceptors (Lipinski definition) is 9. The van der Waals surface area contributed by atoms with Crippen LogP contribution in [0.1, 0.15) is 89.7 Å². The maximum Gasteiger partial charge on any atom is 0.316 e. The Labute approximate surface area is 297 Å². The molecule has 4 fully saturated rings. The Morgan fingerprint density at radius 3 is 2.51 bits per heavy atom. The van der Waals surface area contributed by atoms with E-state index in [-0.39, 0.29) is 59.0 Å². The van der Waals surface area contributed by atoms with Crippen molar-refractivity contribution in [1.29, 1.82) is 0 Å². The van der Waals surface area contributed by atoms with Gasteiger partial charge in [-0.2, -0.15) is 0 Å². The molecule has 1 aromatic rings. The number of rotatable bonds is 13. The van der Waals surface area contributed by atoms with Crippen molar-refractivity contribution in [2.24, 2.45) is 51.9 Å². The van der Waals surface area contributed by atoms with Gasteiger partial charge in [0.25, 0.3) is 0 Å². The summed E-state index contributed by atoms with van der Waals surface area (Å²) in [7, 11) is 0. The number of nitrogens with one attached hydrogen (secondary N) is 2. The lowest BCUT2D eigenvalue weighted by Crippen LogP contribution is -2.58. The summed E-state index contributed by atoms with van der Waals surface area (Å²) in [6, 6.07) is 8.41. The Morgan fingerprint density at radius 2 is 1.82 bits per heavy atom. The van der Waals surface area contributed by atoms with Gasteiger partial charge in [-0.15, -0.1) is 11.8 Å². The fourth-order valence-electron chi connectivity index (χ4n) is 9.66. The van der Waals surface area contributed by atoms with Crippen molar-refractivity contribution in [2.45, 2.75) is 103 Å². The van der Waals surface area contributed by atoms with E-state index in [0.717, 1.165) is 63.6 Å². The predicted octanol–water partition coefficient (Wildman–Crippen LogP) is 4.45. The van der Waals surface area contributed by atoms with Crippen molar-refractivity contribution in [3.63, 3.8) is 0 Å². The van der Waals surface area contributed by atoms with Crippen LogP contribution in [0.15, 0.2) is 30.3 Å². The normalized spacial score (nSPS) is 36.2. The number of carbonyl (C=O) groups is 3. The van der Waals surface area contributed by atoms with Crippen LogP contribution < -0.4 is 22.1 Å². The maximum atomic E-state index is 13.7. The van der Waals surface area contributed by atoms with Crippen LogP contribution in [-0.2, 0) is 25.7 Å². The van der Waals surface area contributed by atoms with E-state index in [1.807, 2.05) is 0 Å². The highest BCUT2D eigenvalue weighted by molar-refractivity contribution is 8.00. The number of aliphatic hydroxyl groups is 1. The minimum Gasteiger partial charge on any atom is -0.461 e. The molecule has 2 bridgehead atoms. The zero-order chi connectivity index (χ0) is 35.2. The van der Waals surface area contributed by atoms with Gasteiger partial charge in [-0.05, 0) is 85.7 Å². The third kappa shape index (κ3) is 8.80. The second-order valence-corrected chi connectivity index (χ2v) is 17.0. The number of hydrogen-bond donors (Lipinski definition) is 5. The third-order valence-electron chi connectivity index (χ3n) is 12.6. The molecule has 5 rings (SSSR count). The first-order valence-corrected chi connectivity index (χ1v) is 19.7. The number of Topliss-reactive ketones (excluding diaryl/α,β-unsaturated/α-hetero) is 1. The summed E-state index contributed by atoms with van der Waals surface area (Å²) < 4.78 is 6.49. The van der Waals surface area contributed by atoms with Gasteiger partial charge in [-0.25, -0.2) is 0 Å². The average molecular weight is 697 g/mol. The summed E-state index contributed by atoms with van der Waals surface area (Å²) in [5.41, 5.74) is 12.3. The summed E-state index contributed by atoms with van der Waals surface area (Å²) in [6.45, 7) is 9.30. The van der Waals surface area contributed by atoms with Crippen molar-refractivity contribution in [2.75, 3.05) is 31.9 Å². The molecule has 7 N–H and O–H groups in total. The molecule has 2 unspecified atom stereocenters. The lowest BCUT2D eigenvalue weighted by Gasteiger charge is -2.57. The largest absolute Gasteiger partial charge is 0.461 e. The van der Waals surface area contributed by atoms with Crippen LogP contribution in [0, 0.1) is 40.4 Å². The van der Waals surface area contributed by atoms with E-state index in [2.05, 4.69) is 67.8 Å². The molecule has 10 heteroatoms. The summed E-state index contributed by atoms with van der Waals surface area (Å²) in [5, 5.41) is 18.8. The van der Waals surface area contributed by atoms with E-state index in [9.17, 15) is 19.5 Å². The zero-order valence-corrected chi connectivity index (χ0v) is 30.6. The highest BCUT2D eigenvalue weighted by atomic mass is 32.2. The first-order chi connectivity index (χ1) is 23.5. The quantitative estimate of drug-likeness (QED) is 0.149. The molecule has 0 aliphatic heterocycles. The Balaban J connectivity index is 1.31. The van der Waals surface area contributed by atoms with Gasteiger partial charge in [0.2, 0.25) is 5.91 Å². The van der Waals surface area contributed by atoms with Gasteiger partial charge in [0, 0.05) is 55.1 Å². The van der Waals surface area contributed by atoms with Gasteiger partial charge < -0.3 is 31.9 Å². The number of esters is 1. The first kappa shape index (κ1) is 38.0. The summed E-state index contributed by atoms with van der Waals surface area (Å²) in [6.07, 6.45) is 10.8. The number of amides is 1. The van der Waals surface area contributed by atoms with Crippen molar-refractivity contribution in [3.8, 4) is 0 Å². The van der Waals surface area contributed by atoms with Crippen molar-refractivity contribution in [3.05, 3.63) is 41.5 Å². The molecule has 272 valence electrons. The zero-order valence-electron chi connectivity index (χ0n) is 29.8. The van der Waals surface area contributed by atoms with Crippen LogP contribution in [0.3, 0.4) is 0 Å². The van der Waals surface area contributed by atoms with Crippen molar-refractivity contribution >= 4 is 35.5 Å². The number of nitrogens with two attached hydrogens (primary N) is 2. The highest BCUT2D eigenvalue weighted by Gasteiger charge is 2.63. The number of ether oxygens (including phenoxy) is 1. The minimum absolute atomic E-state index is 0.0133. The average Bonchev–Trinajstić information content (AvgIpc) is 3.45. The molecule has 0 spiro atoms. The van der Waals surface area contributed by atoms with Crippen molar-refractivity contribution < 1.29 is 24.2 Å². The molecule has 1 amide bonds.